The van der Waals surface area contributed by atoms with Gasteiger partial charge in [0, 0.05) is 24.2 Å². The molecule has 2 heterocycles. The first-order chi connectivity index (χ1) is 9.79. The van der Waals surface area contributed by atoms with Crippen molar-refractivity contribution in [2.75, 3.05) is 11.9 Å². The zero-order valence-corrected chi connectivity index (χ0v) is 12.6. The van der Waals surface area contributed by atoms with Crippen molar-refractivity contribution in [2.45, 2.75) is 39.2 Å². The van der Waals surface area contributed by atoms with Crippen molar-refractivity contribution in [3.63, 3.8) is 0 Å². The molecule has 0 saturated carbocycles. The van der Waals surface area contributed by atoms with E-state index in [2.05, 4.69) is 30.4 Å². The molecule has 1 aromatic heterocycles. The predicted octanol–water partition coefficient (Wildman–Crippen LogP) is 3.74. The van der Waals surface area contributed by atoms with E-state index in [-0.39, 0.29) is 4.87 Å². The molecule has 1 aliphatic rings. The molecule has 0 unspecified atom stereocenters. The van der Waals surface area contributed by atoms with Crippen LogP contribution in [0.25, 0.3) is 11.3 Å². The van der Waals surface area contributed by atoms with E-state index in [0.29, 0.717) is 0 Å². The van der Waals surface area contributed by atoms with Crippen molar-refractivity contribution in [3.8, 4) is 11.3 Å². The highest BCUT2D eigenvalue weighted by Gasteiger charge is 2.13. The molecule has 1 aromatic carbocycles. The monoisotopic (exact) mass is 288 g/mol. The summed E-state index contributed by atoms with van der Waals surface area (Å²) in [6, 6.07) is 6.48. The number of benzene rings is 1. The second-order valence-corrected chi connectivity index (χ2v) is 6.11. The number of nitrogens with zero attached hydrogens (tertiary/aromatic N) is 1. The van der Waals surface area contributed by atoms with E-state index < -0.39 is 0 Å². The first-order valence-corrected chi connectivity index (χ1v) is 8.23. The minimum Gasteiger partial charge on any atom is -0.384 e. The Bertz CT molecular complexity index is 657. The number of rotatable bonds is 5. The number of nitrogens with one attached hydrogen (secondary N) is 1. The first kappa shape index (κ1) is 13.4. The minimum atomic E-state index is 0.162. The highest BCUT2D eigenvalue weighted by molar-refractivity contribution is 7.07. The molecule has 0 saturated heterocycles. The van der Waals surface area contributed by atoms with Gasteiger partial charge in [-0.25, -0.2) is 0 Å². The average molecular weight is 288 g/mol. The van der Waals surface area contributed by atoms with Crippen molar-refractivity contribution in [1.29, 1.82) is 0 Å². The summed E-state index contributed by atoms with van der Waals surface area (Å²) in [5.41, 5.74) is 4.85. The summed E-state index contributed by atoms with van der Waals surface area (Å²) in [7, 11) is 0. The van der Waals surface area contributed by atoms with Gasteiger partial charge in [-0.1, -0.05) is 37.2 Å². The molecule has 3 nitrogen and oxygen atoms in total. The lowest BCUT2D eigenvalue weighted by Crippen LogP contribution is -2.14. The third-order valence-corrected chi connectivity index (χ3v) is 4.64. The molecule has 0 aliphatic carbocycles. The average Bonchev–Trinajstić information content (AvgIpc) is 3.05. The lowest BCUT2D eigenvalue weighted by atomic mass is 10.1. The van der Waals surface area contributed by atoms with Crippen LogP contribution >= 0.6 is 11.3 Å². The van der Waals surface area contributed by atoms with E-state index in [4.69, 9.17) is 0 Å². The van der Waals surface area contributed by atoms with Crippen LogP contribution in [-0.4, -0.2) is 11.1 Å². The molecule has 4 heteroatoms. The van der Waals surface area contributed by atoms with Gasteiger partial charge in [0.05, 0.1) is 5.69 Å². The minimum absolute atomic E-state index is 0.162. The SMILES string of the molecule is CCCCCn1c(-c2ccc3c(c2)CCN3)csc1=O. The van der Waals surface area contributed by atoms with Gasteiger partial charge in [0.2, 0.25) is 0 Å². The molecule has 1 aliphatic heterocycles. The Labute approximate surface area is 123 Å². The summed E-state index contributed by atoms with van der Waals surface area (Å²) in [4.78, 5) is 12.2. The number of hydrogen-bond acceptors (Lipinski definition) is 3. The number of anilines is 1. The maximum absolute atomic E-state index is 12.0. The zero-order valence-electron chi connectivity index (χ0n) is 11.8. The summed E-state index contributed by atoms with van der Waals surface area (Å²) < 4.78 is 1.93. The fourth-order valence-electron chi connectivity index (χ4n) is 2.75. The Kier molecular flexibility index (Phi) is 3.92. The normalized spacial score (nSPS) is 13.2. The predicted molar refractivity (Wildman–Crippen MR) is 85.7 cm³/mol. The molecule has 1 N–H and O–H groups in total. The van der Waals surface area contributed by atoms with Crippen LogP contribution in [0.2, 0.25) is 0 Å². The summed E-state index contributed by atoms with van der Waals surface area (Å²) in [5.74, 6) is 0. The summed E-state index contributed by atoms with van der Waals surface area (Å²) in [6.45, 7) is 4.04. The quantitative estimate of drug-likeness (QED) is 0.851. The summed E-state index contributed by atoms with van der Waals surface area (Å²) >= 11 is 1.31. The number of unbranched alkanes of at least 4 members (excludes halogenated alkanes) is 2. The van der Waals surface area contributed by atoms with E-state index in [9.17, 15) is 4.79 Å². The van der Waals surface area contributed by atoms with Gasteiger partial charge in [-0.2, -0.15) is 0 Å². The third kappa shape index (κ3) is 2.52. The Hall–Kier alpha value is -1.55. The van der Waals surface area contributed by atoms with Crippen LogP contribution in [0.5, 0.6) is 0 Å². The van der Waals surface area contributed by atoms with Gasteiger partial charge in [0.1, 0.15) is 0 Å². The second-order valence-electron chi connectivity index (χ2n) is 5.29. The fourth-order valence-corrected chi connectivity index (χ4v) is 3.54. The topological polar surface area (TPSA) is 34.0 Å². The van der Waals surface area contributed by atoms with Gasteiger partial charge in [0.15, 0.2) is 0 Å². The van der Waals surface area contributed by atoms with Crippen molar-refractivity contribution < 1.29 is 0 Å². The molecular formula is C16H20N2OS. The van der Waals surface area contributed by atoms with Crippen LogP contribution in [0.15, 0.2) is 28.4 Å². The van der Waals surface area contributed by atoms with Crippen molar-refractivity contribution in [3.05, 3.63) is 38.8 Å². The Morgan fingerprint density at radius 3 is 3.10 bits per heavy atom. The van der Waals surface area contributed by atoms with Gasteiger partial charge >= 0.3 is 4.87 Å². The highest BCUT2D eigenvalue weighted by atomic mass is 32.1. The Balaban J connectivity index is 1.92. The van der Waals surface area contributed by atoms with Crippen molar-refractivity contribution >= 4 is 17.0 Å². The Morgan fingerprint density at radius 2 is 2.25 bits per heavy atom. The van der Waals surface area contributed by atoms with Gasteiger partial charge in [-0.05, 0) is 36.1 Å². The molecule has 20 heavy (non-hydrogen) atoms. The van der Waals surface area contributed by atoms with Crippen LogP contribution in [-0.2, 0) is 13.0 Å². The molecule has 2 aromatic rings. The van der Waals surface area contributed by atoms with Crippen molar-refractivity contribution in [2.24, 2.45) is 0 Å². The molecule has 0 atom stereocenters. The smallest absolute Gasteiger partial charge is 0.307 e. The standard InChI is InChI=1S/C16H20N2OS/c1-2-3-4-9-18-15(11-20-16(18)19)13-5-6-14-12(10-13)7-8-17-14/h5-6,10-11,17H,2-4,7-9H2,1H3. The third-order valence-electron chi connectivity index (χ3n) is 3.88. The molecule has 0 spiro atoms. The van der Waals surface area contributed by atoms with E-state index >= 15 is 0 Å². The van der Waals surface area contributed by atoms with Crippen LogP contribution < -0.4 is 10.2 Å². The molecular weight excluding hydrogens is 268 g/mol. The lowest BCUT2D eigenvalue weighted by molar-refractivity contribution is 0.600. The number of aromatic nitrogens is 1. The van der Waals surface area contributed by atoms with E-state index in [1.54, 1.807) is 0 Å². The van der Waals surface area contributed by atoms with E-state index in [0.717, 1.165) is 31.6 Å². The number of fused-ring (bicyclic) bond motifs is 1. The lowest BCUT2D eigenvalue weighted by Gasteiger charge is -2.09. The molecule has 0 amide bonds. The first-order valence-electron chi connectivity index (χ1n) is 7.35. The fraction of sp³-hybridized carbons (Fsp3) is 0.438. The molecule has 0 bridgehead atoms. The van der Waals surface area contributed by atoms with Crippen LogP contribution in [0.3, 0.4) is 0 Å². The Morgan fingerprint density at radius 1 is 1.35 bits per heavy atom. The largest absolute Gasteiger partial charge is 0.384 e. The summed E-state index contributed by atoms with van der Waals surface area (Å²) in [6.07, 6.45) is 4.51. The molecule has 0 fully saturated rings. The maximum atomic E-state index is 12.0. The molecule has 3 rings (SSSR count). The second kappa shape index (κ2) is 5.83. The van der Waals surface area contributed by atoms with Gasteiger partial charge in [-0.15, -0.1) is 0 Å². The molecule has 0 radical (unpaired) electrons. The van der Waals surface area contributed by atoms with Gasteiger partial charge in [-0.3, -0.25) is 9.36 Å². The number of hydrogen-bond donors (Lipinski definition) is 1. The van der Waals surface area contributed by atoms with Gasteiger partial charge in [0.25, 0.3) is 0 Å². The molecule has 106 valence electrons. The maximum Gasteiger partial charge on any atom is 0.307 e. The van der Waals surface area contributed by atoms with E-state index in [1.165, 1.54) is 41.0 Å². The summed E-state index contributed by atoms with van der Waals surface area (Å²) in [5, 5.41) is 5.37. The zero-order chi connectivity index (χ0) is 13.9. The van der Waals surface area contributed by atoms with Gasteiger partial charge < -0.3 is 5.32 Å². The van der Waals surface area contributed by atoms with Crippen LogP contribution in [0.4, 0.5) is 5.69 Å². The highest BCUT2D eigenvalue weighted by Crippen LogP contribution is 2.29. The van der Waals surface area contributed by atoms with Crippen LogP contribution in [0, 0.1) is 0 Å². The van der Waals surface area contributed by atoms with Crippen molar-refractivity contribution in [1.82, 2.24) is 4.57 Å². The van der Waals surface area contributed by atoms with Crippen LogP contribution in [0.1, 0.15) is 31.7 Å². The number of thiazole rings is 1. The van der Waals surface area contributed by atoms with E-state index in [1.807, 2.05) is 9.95 Å².